The van der Waals surface area contributed by atoms with Gasteiger partial charge in [0, 0.05) is 23.5 Å². The van der Waals surface area contributed by atoms with Crippen LogP contribution in [0.5, 0.6) is 0 Å². The normalized spacial score (nSPS) is 10.6. The summed E-state index contributed by atoms with van der Waals surface area (Å²) in [5.41, 5.74) is 5.85. The number of aliphatic hydroxyl groups is 1. The summed E-state index contributed by atoms with van der Waals surface area (Å²) in [5, 5.41) is 11.2. The van der Waals surface area contributed by atoms with Crippen LogP contribution in [0.4, 0.5) is 20.2 Å². The van der Waals surface area contributed by atoms with Crippen LogP contribution in [-0.4, -0.2) is 18.3 Å². The topological polar surface area (TPSA) is 58.3 Å². The van der Waals surface area contributed by atoms with Crippen LogP contribution in [0.15, 0.2) is 18.2 Å². The van der Waals surface area contributed by atoms with E-state index in [4.69, 9.17) is 10.8 Å². The summed E-state index contributed by atoms with van der Waals surface area (Å²) in [4.78, 5) is 0. The minimum absolute atomic E-state index is 0.104. The maximum Gasteiger partial charge on any atom is 0.265 e. The number of nitrogens with two attached hydrogens (primary N) is 1. The highest BCUT2D eigenvalue weighted by molar-refractivity contribution is 5.58. The van der Waals surface area contributed by atoms with Crippen molar-refractivity contribution in [1.29, 1.82) is 0 Å². The van der Waals surface area contributed by atoms with Crippen LogP contribution in [-0.2, 0) is 0 Å². The van der Waals surface area contributed by atoms with E-state index >= 15 is 0 Å². The van der Waals surface area contributed by atoms with Gasteiger partial charge >= 0.3 is 0 Å². The molecule has 0 aliphatic heterocycles. The molecule has 0 fully saturated rings. The Morgan fingerprint density at radius 2 is 2.14 bits per heavy atom. The molecule has 0 saturated carbocycles. The second-order valence-corrected chi connectivity index (χ2v) is 2.80. The summed E-state index contributed by atoms with van der Waals surface area (Å²) in [6.45, 7) is 0.136. The third-order valence-corrected chi connectivity index (χ3v) is 1.74. The monoisotopic (exact) mass is 202 g/mol. The number of alkyl halides is 2. The maximum atomic E-state index is 12.5. The van der Waals surface area contributed by atoms with Crippen molar-refractivity contribution in [3.63, 3.8) is 0 Å². The number of nitrogen functional groups attached to an aromatic ring is 1. The maximum absolute atomic E-state index is 12.5. The molecule has 0 heterocycles. The van der Waals surface area contributed by atoms with E-state index in [2.05, 4.69) is 5.32 Å². The number of nitrogens with one attached hydrogen (secondary N) is 1. The van der Waals surface area contributed by atoms with E-state index < -0.39 is 6.43 Å². The SMILES string of the molecule is Nc1ccc(NCCO)c(C(F)F)c1. The molecule has 78 valence electrons. The molecule has 1 rings (SSSR count). The number of rotatable bonds is 4. The summed E-state index contributed by atoms with van der Waals surface area (Å²) in [5.74, 6) is 0. The van der Waals surface area contributed by atoms with Crippen molar-refractivity contribution in [3.05, 3.63) is 23.8 Å². The molecule has 0 amide bonds. The Morgan fingerprint density at radius 3 is 2.71 bits per heavy atom. The summed E-state index contributed by atoms with van der Waals surface area (Å²) in [6, 6.07) is 4.24. The van der Waals surface area contributed by atoms with Crippen LogP contribution in [0.25, 0.3) is 0 Å². The average molecular weight is 202 g/mol. The molecule has 14 heavy (non-hydrogen) atoms. The van der Waals surface area contributed by atoms with Crippen molar-refractivity contribution in [1.82, 2.24) is 0 Å². The van der Waals surface area contributed by atoms with E-state index in [1.165, 1.54) is 18.2 Å². The molecule has 0 radical (unpaired) electrons. The van der Waals surface area contributed by atoms with Gasteiger partial charge in [-0.15, -0.1) is 0 Å². The first-order valence-corrected chi connectivity index (χ1v) is 4.17. The van der Waals surface area contributed by atoms with Gasteiger partial charge in [-0.25, -0.2) is 8.78 Å². The fraction of sp³-hybridized carbons (Fsp3) is 0.333. The standard InChI is InChI=1S/C9H12F2N2O/c10-9(11)7-5-6(12)1-2-8(7)13-3-4-14/h1-2,5,9,13-14H,3-4,12H2. The molecule has 0 bridgehead atoms. The van der Waals surface area contributed by atoms with Gasteiger partial charge in [0.2, 0.25) is 0 Å². The predicted molar refractivity (Wildman–Crippen MR) is 51.4 cm³/mol. The van der Waals surface area contributed by atoms with Gasteiger partial charge in [0.25, 0.3) is 6.43 Å². The molecule has 1 aromatic rings. The van der Waals surface area contributed by atoms with Crippen molar-refractivity contribution in [2.75, 3.05) is 24.2 Å². The lowest BCUT2D eigenvalue weighted by atomic mass is 10.1. The molecule has 0 saturated heterocycles. The molecule has 4 N–H and O–H groups in total. The molecule has 0 aliphatic carbocycles. The lowest BCUT2D eigenvalue weighted by Gasteiger charge is -2.11. The molecule has 0 atom stereocenters. The van der Waals surface area contributed by atoms with Crippen LogP contribution in [0, 0.1) is 0 Å². The van der Waals surface area contributed by atoms with Gasteiger partial charge in [-0.2, -0.15) is 0 Å². The van der Waals surface area contributed by atoms with E-state index in [0.717, 1.165) is 0 Å². The zero-order chi connectivity index (χ0) is 10.6. The number of hydrogen-bond donors (Lipinski definition) is 3. The van der Waals surface area contributed by atoms with Crippen LogP contribution in [0.3, 0.4) is 0 Å². The third-order valence-electron chi connectivity index (χ3n) is 1.74. The van der Waals surface area contributed by atoms with Crippen LogP contribution < -0.4 is 11.1 Å². The number of hydrogen-bond acceptors (Lipinski definition) is 3. The van der Waals surface area contributed by atoms with Gasteiger partial charge in [-0.05, 0) is 18.2 Å². The van der Waals surface area contributed by atoms with Gasteiger partial charge in [0.1, 0.15) is 0 Å². The van der Waals surface area contributed by atoms with Gasteiger partial charge in [-0.3, -0.25) is 0 Å². The van der Waals surface area contributed by atoms with Crippen molar-refractivity contribution >= 4 is 11.4 Å². The lowest BCUT2D eigenvalue weighted by Crippen LogP contribution is -2.08. The van der Waals surface area contributed by atoms with Crippen LogP contribution >= 0.6 is 0 Å². The zero-order valence-corrected chi connectivity index (χ0v) is 7.50. The first kappa shape index (κ1) is 10.7. The molecule has 3 nitrogen and oxygen atoms in total. The highest BCUT2D eigenvalue weighted by Gasteiger charge is 2.12. The Balaban J connectivity index is 2.90. The second kappa shape index (κ2) is 4.76. The fourth-order valence-electron chi connectivity index (χ4n) is 1.11. The first-order chi connectivity index (χ1) is 6.65. The summed E-state index contributed by atoms with van der Waals surface area (Å²) < 4.78 is 25.0. The molecular weight excluding hydrogens is 190 g/mol. The minimum Gasteiger partial charge on any atom is -0.399 e. The third kappa shape index (κ3) is 2.56. The zero-order valence-electron chi connectivity index (χ0n) is 7.50. The summed E-state index contributed by atoms with van der Waals surface area (Å²) in [7, 11) is 0. The van der Waals surface area contributed by atoms with E-state index in [1.54, 1.807) is 0 Å². The largest absolute Gasteiger partial charge is 0.399 e. The number of benzene rings is 1. The molecule has 0 aliphatic rings. The van der Waals surface area contributed by atoms with Gasteiger partial charge in [0.15, 0.2) is 0 Å². The van der Waals surface area contributed by atoms with E-state index in [0.29, 0.717) is 11.4 Å². The van der Waals surface area contributed by atoms with Gasteiger partial charge < -0.3 is 16.2 Å². The van der Waals surface area contributed by atoms with E-state index in [-0.39, 0.29) is 18.7 Å². The average Bonchev–Trinajstić information content (AvgIpc) is 2.15. The molecule has 5 heteroatoms. The van der Waals surface area contributed by atoms with Crippen LogP contribution in [0.2, 0.25) is 0 Å². The number of halogens is 2. The summed E-state index contributed by atoms with van der Waals surface area (Å²) >= 11 is 0. The van der Waals surface area contributed by atoms with Crippen LogP contribution in [0.1, 0.15) is 12.0 Å². The Hall–Kier alpha value is -1.36. The highest BCUT2D eigenvalue weighted by atomic mass is 19.3. The molecule has 0 unspecified atom stereocenters. The smallest absolute Gasteiger partial charge is 0.265 e. The van der Waals surface area contributed by atoms with Gasteiger partial charge in [0.05, 0.1) is 6.61 Å². The second-order valence-electron chi connectivity index (χ2n) is 2.80. The Morgan fingerprint density at radius 1 is 1.43 bits per heavy atom. The molecular formula is C9H12F2N2O. The molecule has 0 aromatic heterocycles. The Kier molecular flexibility index (Phi) is 3.64. The van der Waals surface area contributed by atoms with Crippen molar-refractivity contribution in [3.8, 4) is 0 Å². The fourth-order valence-corrected chi connectivity index (χ4v) is 1.11. The summed E-state index contributed by atoms with van der Waals surface area (Å²) in [6.07, 6.45) is -2.57. The minimum atomic E-state index is -2.57. The van der Waals surface area contributed by atoms with Crippen molar-refractivity contribution in [2.45, 2.75) is 6.43 Å². The van der Waals surface area contributed by atoms with Crippen molar-refractivity contribution in [2.24, 2.45) is 0 Å². The Labute approximate surface area is 80.5 Å². The molecule has 1 aromatic carbocycles. The highest BCUT2D eigenvalue weighted by Crippen LogP contribution is 2.28. The first-order valence-electron chi connectivity index (χ1n) is 4.17. The number of aliphatic hydroxyl groups excluding tert-OH is 1. The lowest BCUT2D eigenvalue weighted by molar-refractivity contribution is 0.152. The quantitative estimate of drug-likeness (QED) is 0.650. The molecule has 0 spiro atoms. The number of anilines is 2. The van der Waals surface area contributed by atoms with Gasteiger partial charge in [-0.1, -0.05) is 0 Å². The van der Waals surface area contributed by atoms with E-state index in [9.17, 15) is 8.78 Å². The Bertz CT molecular complexity index is 305. The van der Waals surface area contributed by atoms with Crippen molar-refractivity contribution < 1.29 is 13.9 Å². The van der Waals surface area contributed by atoms with E-state index in [1.807, 2.05) is 0 Å². The predicted octanol–water partition coefficient (Wildman–Crippen LogP) is 1.61.